The van der Waals surface area contributed by atoms with Crippen LogP contribution in [0.5, 0.6) is 5.75 Å². The second-order valence-corrected chi connectivity index (χ2v) is 5.04. The van der Waals surface area contributed by atoms with Crippen LogP contribution < -0.4 is 16.2 Å². The summed E-state index contributed by atoms with van der Waals surface area (Å²) in [4.78, 5) is 22.9. The molecule has 0 saturated heterocycles. The summed E-state index contributed by atoms with van der Waals surface area (Å²) in [5.74, 6) is -5.76. The summed E-state index contributed by atoms with van der Waals surface area (Å²) in [7, 11) is 0. The van der Waals surface area contributed by atoms with Gasteiger partial charge in [0.1, 0.15) is 17.2 Å². The lowest BCUT2D eigenvalue weighted by atomic mass is 10.2. The van der Waals surface area contributed by atoms with Crippen molar-refractivity contribution in [3.8, 4) is 11.4 Å². The van der Waals surface area contributed by atoms with Gasteiger partial charge >= 0.3 is 5.76 Å². The second kappa shape index (κ2) is 6.75. The average molecular weight is 365 g/mol. The Morgan fingerprint density at radius 3 is 2.50 bits per heavy atom. The summed E-state index contributed by atoms with van der Waals surface area (Å²) in [6, 6.07) is 6.64. The molecule has 1 amide bonds. The molecule has 0 spiro atoms. The molecule has 0 atom stereocenters. The van der Waals surface area contributed by atoms with E-state index in [1.807, 2.05) is 0 Å². The van der Waals surface area contributed by atoms with Crippen molar-refractivity contribution in [2.75, 3.05) is 0 Å². The van der Waals surface area contributed by atoms with Crippen LogP contribution in [0.1, 0.15) is 16.2 Å². The number of nitrogens with two attached hydrogens (primary N) is 1. The number of nitrogens with zero attached hydrogens (tertiary/aromatic N) is 2. The molecule has 2 N–H and O–H groups in total. The molecule has 0 fully saturated rings. The SMILES string of the molecule is NC(=O)c1c(F)ccc(OCc2nn(-c3ccc(F)cc3)c(=O)o2)c1F. The van der Waals surface area contributed by atoms with Crippen molar-refractivity contribution in [2.24, 2.45) is 5.73 Å². The number of ether oxygens (including phenoxy) is 1. The molecule has 0 aliphatic rings. The predicted molar refractivity (Wildman–Crippen MR) is 81.3 cm³/mol. The summed E-state index contributed by atoms with van der Waals surface area (Å²) < 4.78 is 51.2. The molecule has 0 bridgehead atoms. The minimum absolute atomic E-state index is 0.219. The summed E-state index contributed by atoms with van der Waals surface area (Å²) >= 11 is 0. The lowest BCUT2D eigenvalue weighted by molar-refractivity contribution is 0.0991. The first kappa shape index (κ1) is 17.3. The third kappa shape index (κ3) is 3.29. The smallest absolute Gasteiger partial charge is 0.442 e. The van der Waals surface area contributed by atoms with E-state index in [0.717, 1.165) is 28.9 Å². The van der Waals surface area contributed by atoms with E-state index in [1.54, 1.807) is 0 Å². The first-order chi connectivity index (χ1) is 12.4. The Balaban J connectivity index is 1.82. The Morgan fingerprint density at radius 1 is 1.15 bits per heavy atom. The van der Waals surface area contributed by atoms with E-state index in [0.29, 0.717) is 0 Å². The van der Waals surface area contributed by atoms with Gasteiger partial charge in [-0.1, -0.05) is 0 Å². The van der Waals surface area contributed by atoms with Crippen LogP contribution in [0.3, 0.4) is 0 Å². The number of hydrogen-bond donors (Lipinski definition) is 1. The van der Waals surface area contributed by atoms with Crippen molar-refractivity contribution in [3.63, 3.8) is 0 Å². The quantitative estimate of drug-likeness (QED) is 0.745. The Bertz CT molecular complexity index is 1030. The van der Waals surface area contributed by atoms with Crippen LogP contribution in [-0.2, 0) is 6.61 Å². The van der Waals surface area contributed by atoms with Gasteiger partial charge in [-0.2, -0.15) is 4.68 Å². The minimum Gasteiger partial charge on any atom is -0.481 e. The molecule has 0 unspecified atom stereocenters. The standard InChI is InChI=1S/C16H10F3N3O4/c17-8-1-3-9(4-2-8)22-16(24)26-12(21-22)7-25-11-6-5-10(18)13(14(11)19)15(20)23/h1-6H,7H2,(H2,20,23). The van der Waals surface area contributed by atoms with Gasteiger partial charge in [0.25, 0.3) is 11.8 Å². The molecule has 1 aromatic heterocycles. The lowest BCUT2D eigenvalue weighted by Crippen LogP contribution is -2.16. The first-order valence-electron chi connectivity index (χ1n) is 7.12. The molecule has 0 aliphatic heterocycles. The van der Waals surface area contributed by atoms with Crippen LogP contribution in [0.4, 0.5) is 13.2 Å². The molecular formula is C16H10F3N3O4. The van der Waals surface area contributed by atoms with E-state index in [9.17, 15) is 22.8 Å². The van der Waals surface area contributed by atoms with E-state index in [2.05, 4.69) is 5.10 Å². The number of benzene rings is 2. The number of primary amides is 1. The molecule has 0 radical (unpaired) electrons. The van der Waals surface area contributed by atoms with Gasteiger partial charge in [0, 0.05) is 0 Å². The number of rotatable bonds is 5. The summed E-state index contributed by atoms with van der Waals surface area (Å²) in [6.45, 7) is -0.482. The monoisotopic (exact) mass is 365 g/mol. The van der Waals surface area contributed by atoms with Crippen molar-refractivity contribution in [1.29, 1.82) is 0 Å². The van der Waals surface area contributed by atoms with Crippen molar-refractivity contribution in [2.45, 2.75) is 6.61 Å². The van der Waals surface area contributed by atoms with Gasteiger partial charge in [0.2, 0.25) is 0 Å². The lowest BCUT2D eigenvalue weighted by Gasteiger charge is -2.07. The Hall–Kier alpha value is -3.56. The highest BCUT2D eigenvalue weighted by Gasteiger charge is 2.20. The maximum absolute atomic E-state index is 14.1. The highest BCUT2D eigenvalue weighted by molar-refractivity contribution is 5.93. The molecule has 1 heterocycles. The molecule has 26 heavy (non-hydrogen) atoms. The van der Waals surface area contributed by atoms with E-state index >= 15 is 0 Å². The normalized spacial score (nSPS) is 10.7. The maximum atomic E-state index is 14.1. The van der Waals surface area contributed by atoms with Crippen LogP contribution in [0.25, 0.3) is 5.69 Å². The van der Waals surface area contributed by atoms with Crippen molar-refractivity contribution >= 4 is 5.91 Å². The van der Waals surface area contributed by atoms with Crippen LogP contribution in [0.15, 0.2) is 45.6 Å². The Morgan fingerprint density at radius 2 is 1.85 bits per heavy atom. The average Bonchev–Trinajstić information content (AvgIpc) is 2.95. The molecule has 0 saturated carbocycles. The third-order valence-corrected chi connectivity index (χ3v) is 3.31. The van der Waals surface area contributed by atoms with E-state index in [-0.39, 0.29) is 11.6 Å². The summed E-state index contributed by atoms with van der Waals surface area (Å²) in [5.41, 5.74) is 4.22. The largest absolute Gasteiger partial charge is 0.481 e. The second-order valence-electron chi connectivity index (χ2n) is 5.04. The van der Waals surface area contributed by atoms with Gasteiger partial charge in [-0.3, -0.25) is 4.79 Å². The fourth-order valence-corrected chi connectivity index (χ4v) is 2.13. The molecule has 3 rings (SSSR count). The van der Waals surface area contributed by atoms with Gasteiger partial charge in [-0.15, -0.1) is 5.10 Å². The molecular weight excluding hydrogens is 355 g/mol. The van der Waals surface area contributed by atoms with Gasteiger partial charge in [0.15, 0.2) is 18.2 Å². The molecule has 10 heteroatoms. The molecule has 3 aromatic rings. The van der Waals surface area contributed by atoms with Crippen LogP contribution in [0, 0.1) is 17.5 Å². The third-order valence-electron chi connectivity index (χ3n) is 3.31. The number of hydrogen-bond acceptors (Lipinski definition) is 5. The summed E-state index contributed by atoms with van der Waals surface area (Å²) in [5, 5.41) is 3.83. The Kier molecular flexibility index (Phi) is 4.48. The zero-order valence-electron chi connectivity index (χ0n) is 12.9. The number of halogens is 3. The van der Waals surface area contributed by atoms with Crippen molar-refractivity contribution < 1.29 is 27.1 Å². The Labute approximate surface area is 143 Å². The van der Waals surface area contributed by atoms with E-state index in [1.165, 1.54) is 12.1 Å². The predicted octanol–water partition coefficient (Wildman–Crippen LogP) is 1.92. The fourth-order valence-electron chi connectivity index (χ4n) is 2.13. The zero-order valence-corrected chi connectivity index (χ0v) is 12.9. The molecule has 7 nitrogen and oxygen atoms in total. The number of carbonyl (C=O) groups excluding carboxylic acids is 1. The maximum Gasteiger partial charge on any atom is 0.442 e. The molecule has 2 aromatic carbocycles. The van der Waals surface area contributed by atoms with Crippen molar-refractivity contribution in [1.82, 2.24) is 9.78 Å². The van der Waals surface area contributed by atoms with Gasteiger partial charge in [-0.05, 0) is 36.4 Å². The zero-order chi connectivity index (χ0) is 18.8. The topological polar surface area (TPSA) is 100 Å². The van der Waals surface area contributed by atoms with Gasteiger partial charge in [0.05, 0.1) is 5.69 Å². The van der Waals surface area contributed by atoms with Crippen LogP contribution >= 0.6 is 0 Å². The minimum atomic E-state index is -1.29. The first-order valence-corrected chi connectivity index (χ1v) is 7.12. The fraction of sp³-hybridized carbons (Fsp3) is 0.0625. The number of carbonyl (C=O) groups is 1. The molecule has 134 valence electrons. The summed E-state index contributed by atoms with van der Waals surface area (Å²) in [6.07, 6.45) is 0. The van der Waals surface area contributed by atoms with Gasteiger partial charge < -0.3 is 14.9 Å². The van der Waals surface area contributed by atoms with Gasteiger partial charge in [-0.25, -0.2) is 18.0 Å². The van der Waals surface area contributed by atoms with E-state index in [4.69, 9.17) is 14.9 Å². The number of amides is 1. The van der Waals surface area contributed by atoms with Crippen LogP contribution in [-0.4, -0.2) is 15.7 Å². The number of aromatic nitrogens is 2. The van der Waals surface area contributed by atoms with Crippen molar-refractivity contribution in [3.05, 3.63) is 75.9 Å². The van der Waals surface area contributed by atoms with Crippen LogP contribution in [0.2, 0.25) is 0 Å². The highest BCUT2D eigenvalue weighted by atomic mass is 19.1. The van der Waals surface area contributed by atoms with E-state index < -0.39 is 47.0 Å². The molecule has 0 aliphatic carbocycles. The highest BCUT2D eigenvalue weighted by Crippen LogP contribution is 2.23.